The fourth-order valence-corrected chi connectivity index (χ4v) is 2.18. The zero-order valence-corrected chi connectivity index (χ0v) is 11.2. The van der Waals surface area contributed by atoms with Crippen LogP contribution in [0.25, 0.3) is 0 Å². The second-order valence-corrected chi connectivity index (χ2v) is 4.90. The highest BCUT2D eigenvalue weighted by Crippen LogP contribution is 2.37. The highest BCUT2D eigenvalue weighted by Gasteiger charge is 2.31. The van der Waals surface area contributed by atoms with E-state index in [2.05, 4.69) is 22.5 Å². The van der Waals surface area contributed by atoms with Crippen LogP contribution in [0.15, 0.2) is 52.5 Å². The van der Waals surface area contributed by atoms with Gasteiger partial charge in [0.05, 0.1) is 0 Å². The normalized spacial score (nSPS) is 19.4. The van der Waals surface area contributed by atoms with Crippen LogP contribution >= 0.6 is 15.9 Å². The van der Waals surface area contributed by atoms with Gasteiger partial charge in [0.2, 0.25) is 0 Å². The van der Waals surface area contributed by atoms with Crippen LogP contribution in [0.3, 0.4) is 0 Å². The minimum Gasteiger partial charge on any atom is -0.450 e. The van der Waals surface area contributed by atoms with Gasteiger partial charge in [0.1, 0.15) is 6.10 Å². The molecule has 3 heteroatoms. The van der Waals surface area contributed by atoms with Crippen molar-refractivity contribution in [3.05, 3.63) is 58.1 Å². The summed E-state index contributed by atoms with van der Waals surface area (Å²) in [6.07, 6.45) is 2.22. The predicted molar refractivity (Wildman–Crippen MR) is 70.5 cm³/mol. The van der Waals surface area contributed by atoms with E-state index in [4.69, 9.17) is 4.74 Å². The van der Waals surface area contributed by atoms with Crippen LogP contribution in [0.4, 0.5) is 0 Å². The number of rotatable bonds is 3. The molecule has 1 atom stereocenters. The first-order chi connectivity index (χ1) is 8.13. The van der Waals surface area contributed by atoms with Gasteiger partial charge in [-0.1, -0.05) is 34.1 Å². The van der Waals surface area contributed by atoms with E-state index in [0.717, 1.165) is 15.6 Å². The van der Waals surface area contributed by atoms with E-state index in [-0.39, 0.29) is 12.1 Å². The monoisotopic (exact) mass is 292 g/mol. The van der Waals surface area contributed by atoms with E-state index < -0.39 is 0 Å². The molecular weight excluding hydrogens is 280 g/mol. The molecule has 0 bridgehead atoms. The van der Waals surface area contributed by atoms with Crippen molar-refractivity contribution in [2.75, 3.05) is 0 Å². The molecule has 0 fully saturated rings. The molecule has 0 aromatic heterocycles. The molecule has 0 radical (unpaired) electrons. The van der Waals surface area contributed by atoms with Crippen molar-refractivity contribution in [1.82, 2.24) is 0 Å². The molecule has 88 valence electrons. The lowest BCUT2D eigenvalue weighted by Gasteiger charge is -2.13. The average molecular weight is 293 g/mol. The van der Waals surface area contributed by atoms with Crippen molar-refractivity contribution < 1.29 is 9.53 Å². The summed E-state index contributed by atoms with van der Waals surface area (Å²) in [5.74, 6) is -0.227. The second-order valence-electron chi connectivity index (χ2n) is 3.98. The summed E-state index contributed by atoms with van der Waals surface area (Å²) in [4.78, 5) is 11.6. The quantitative estimate of drug-likeness (QED) is 0.623. The van der Waals surface area contributed by atoms with Crippen LogP contribution in [0.1, 0.15) is 25.0 Å². The number of halogens is 1. The van der Waals surface area contributed by atoms with E-state index in [1.165, 1.54) is 0 Å². The van der Waals surface area contributed by atoms with Crippen LogP contribution in [0.2, 0.25) is 0 Å². The number of benzene rings is 1. The van der Waals surface area contributed by atoms with Gasteiger partial charge in [-0.15, -0.1) is 6.58 Å². The van der Waals surface area contributed by atoms with Crippen molar-refractivity contribution in [2.24, 2.45) is 0 Å². The number of allylic oxidation sites excluding steroid dienone is 1. The Morgan fingerprint density at radius 2 is 2.06 bits per heavy atom. The minimum atomic E-state index is -0.256. The van der Waals surface area contributed by atoms with Gasteiger partial charge in [-0.05, 0) is 36.6 Å². The van der Waals surface area contributed by atoms with Crippen LogP contribution in [-0.4, -0.2) is 5.97 Å². The summed E-state index contributed by atoms with van der Waals surface area (Å²) in [7, 11) is 0. The molecule has 1 aliphatic rings. The van der Waals surface area contributed by atoms with Crippen molar-refractivity contribution in [3.63, 3.8) is 0 Å². The molecule has 0 spiro atoms. The van der Waals surface area contributed by atoms with Crippen molar-refractivity contribution in [1.29, 1.82) is 0 Å². The van der Waals surface area contributed by atoms with Gasteiger partial charge in [-0.2, -0.15) is 0 Å². The molecule has 0 amide bonds. The lowest BCUT2D eigenvalue weighted by atomic mass is 9.97. The molecule has 0 saturated carbocycles. The van der Waals surface area contributed by atoms with Gasteiger partial charge in [-0.3, -0.25) is 0 Å². The fourth-order valence-electron chi connectivity index (χ4n) is 1.92. The lowest BCUT2D eigenvalue weighted by Crippen LogP contribution is -2.03. The summed E-state index contributed by atoms with van der Waals surface area (Å²) in [6.45, 7) is 5.52. The summed E-state index contributed by atoms with van der Waals surface area (Å²) in [5.41, 5.74) is 2.71. The Bertz CT molecular complexity index is 485. The molecule has 2 nitrogen and oxygen atoms in total. The number of cyclic esters (lactones) is 1. The summed E-state index contributed by atoms with van der Waals surface area (Å²) >= 11 is 3.39. The van der Waals surface area contributed by atoms with Gasteiger partial charge in [-0.25, -0.2) is 4.79 Å². The first-order valence-corrected chi connectivity index (χ1v) is 6.19. The highest BCUT2D eigenvalue weighted by molar-refractivity contribution is 9.10. The molecule has 1 aromatic rings. The van der Waals surface area contributed by atoms with Crippen LogP contribution in [-0.2, 0) is 9.53 Å². The maximum absolute atomic E-state index is 11.6. The highest BCUT2D eigenvalue weighted by atomic mass is 79.9. The summed E-state index contributed by atoms with van der Waals surface area (Å²) in [6, 6.07) is 7.82. The van der Waals surface area contributed by atoms with E-state index in [1.54, 1.807) is 13.0 Å². The molecule has 0 N–H and O–H groups in total. The van der Waals surface area contributed by atoms with Crippen molar-refractivity contribution >= 4 is 21.9 Å². The number of carbonyl (C=O) groups is 1. The van der Waals surface area contributed by atoms with E-state index in [1.807, 2.05) is 24.3 Å². The fraction of sp³-hybridized carbons (Fsp3) is 0.214. The number of esters is 1. The van der Waals surface area contributed by atoms with Gasteiger partial charge < -0.3 is 4.74 Å². The Morgan fingerprint density at radius 3 is 2.65 bits per heavy atom. The van der Waals surface area contributed by atoms with E-state index in [9.17, 15) is 4.79 Å². The number of hydrogen-bond acceptors (Lipinski definition) is 2. The first kappa shape index (κ1) is 12.1. The van der Waals surface area contributed by atoms with Crippen molar-refractivity contribution in [2.45, 2.75) is 19.4 Å². The lowest BCUT2D eigenvalue weighted by molar-refractivity contribution is -0.140. The van der Waals surface area contributed by atoms with Crippen LogP contribution in [0.5, 0.6) is 0 Å². The topological polar surface area (TPSA) is 26.3 Å². The number of ether oxygens (including phenoxy) is 1. The Hall–Kier alpha value is -1.35. The maximum atomic E-state index is 11.6. The molecule has 1 aliphatic heterocycles. The Balaban J connectivity index is 2.36. The first-order valence-electron chi connectivity index (χ1n) is 5.40. The predicted octanol–water partition coefficient (Wildman–Crippen LogP) is 3.94. The Morgan fingerprint density at radius 1 is 1.41 bits per heavy atom. The van der Waals surface area contributed by atoms with Gasteiger partial charge in [0.15, 0.2) is 0 Å². The Kier molecular flexibility index (Phi) is 3.48. The van der Waals surface area contributed by atoms with Crippen LogP contribution < -0.4 is 0 Å². The SMILES string of the molecule is C=CCC1=C(C)C(=O)OC1c1ccc(Br)cc1. The van der Waals surface area contributed by atoms with Gasteiger partial charge >= 0.3 is 5.97 Å². The number of hydrogen-bond donors (Lipinski definition) is 0. The standard InChI is InChI=1S/C14H13BrO2/c1-3-4-12-9(2)14(16)17-13(12)10-5-7-11(15)8-6-10/h3,5-8,13H,1,4H2,2H3. The smallest absolute Gasteiger partial charge is 0.334 e. The van der Waals surface area contributed by atoms with Crippen LogP contribution in [0, 0.1) is 0 Å². The molecule has 1 unspecified atom stereocenters. The zero-order chi connectivity index (χ0) is 12.4. The molecular formula is C14H13BrO2. The van der Waals surface area contributed by atoms with Gasteiger partial charge in [0, 0.05) is 10.0 Å². The molecule has 1 heterocycles. The minimum absolute atomic E-state index is 0.227. The summed E-state index contributed by atoms with van der Waals surface area (Å²) in [5, 5.41) is 0. The summed E-state index contributed by atoms with van der Waals surface area (Å²) < 4.78 is 6.40. The third-order valence-electron chi connectivity index (χ3n) is 2.87. The molecule has 1 aromatic carbocycles. The average Bonchev–Trinajstić information content (AvgIpc) is 2.59. The molecule has 2 rings (SSSR count). The second kappa shape index (κ2) is 4.88. The van der Waals surface area contributed by atoms with Crippen molar-refractivity contribution in [3.8, 4) is 0 Å². The molecule has 17 heavy (non-hydrogen) atoms. The zero-order valence-electron chi connectivity index (χ0n) is 9.57. The van der Waals surface area contributed by atoms with E-state index in [0.29, 0.717) is 12.0 Å². The Labute approximate surface area is 109 Å². The third-order valence-corrected chi connectivity index (χ3v) is 3.39. The molecule has 0 aliphatic carbocycles. The largest absolute Gasteiger partial charge is 0.450 e. The number of carbonyl (C=O) groups excluding carboxylic acids is 1. The maximum Gasteiger partial charge on any atom is 0.334 e. The van der Waals surface area contributed by atoms with E-state index >= 15 is 0 Å². The van der Waals surface area contributed by atoms with Gasteiger partial charge in [0.25, 0.3) is 0 Å². The third kappa shape index (κ3) is 2.34. The molecule has 0 saturated heterocycles.